The molecule has 2 rings (SSSR count). The van der Waals surface area contributed by atoms with E-state index in [9.17, 15) is 4.79 Å². The summed E-state index contributed by atoms with van der Waals surface area (Å²) in [7, 11) is 0. The van der Waals surface area contributed by atoms with Gasteiger partial charge in [-0.3, -0.25) is 4.79 Å². The van der Waals surface area contributed by atoms with Crippen LogP contribution in [0, 0.1) is 11.3 Å². The number of amidine groups is 1. The van der Waals surface area contributed by atoms with Crippen LogP contribution in [0.2, 0.25) is 0 Å². The number of hydrogen-bond acceptors (Lipinski definition) is 4. The molecule has 0 saturated heterocycles. The van der Waals surface area contributed by atoms with E-state index < -0.39 is 0 Å². The number of hydrogen-bond donors (Lipinski definition) is 1. The van der Waals surface area contributed by atoms with Crippen LogP contribution in [0.15, 0.2) is 5.10 Å². The summed E-state index contributed by atoms with van der Waals surface area (Å²) >= 11 is 0. The Kier molecular flexibility index (Phi) is 3.15. The van der Waals surface area contributed by atoms with Crippen LogP contribution in [0.25, 0.3) is 0 Å². The van der Waals surface area contributed by atoms with Crippen LogP contribution in [0.3, 0.4) is 0 Å². The monoisotopic (exact) mass is 237 g/mol. The first kappa shape index (κ1) is 12.4. The van der Waals surface area contributed by atoms with E-state index in [0.717, 1.165) is 25.3 Å². The van der Waals surface area contributed by atoms with Crippen LogP contribution in [-0.4, -0.2) is 35.7 Å². The lowest BCUT2D eigenvalue weighted by Crippen LogP contribution is -2.48. The number of hydrazone groups is 1. The molecule has 1 aliphatic heterocycles. The highest BCUT2D eigenvalue weighted by Crippen LogP contribution is 2.38. The van der Waals surface area contributed by atoms with Gasteiger partial charge in [0.15, 0.2) is 0 Å². The number of carbonyl (C=O) groups excluding carboxylic acids is 1. The highest BCUT2D eigenvalue weighted by atomic mass is 16.1. The summed E-state index contributed by atoms with van der Waals surface area (Å²) in [5, 5.41) is 4.41. The molecule has 1 aliphatic carbocycles. The molecule has 1 saturated carbocycles. The Labute approximate surface area is 103 Å². The van der Waals surface area contributed by atoms with Gasteiger partial charge in [-0.2, -0.15) is 5.10 Å². The van der Waals surface area contributed by atoms with Crippen LogP contribution in [0.4, 0.5) is 0 Å². The predicted octanol–water partition coefficient (Wildman–Crippen LogP) is 1.62. The Bertz CT molecular complexity index is 345. The van der Waals surface area contributed by atoms with E-state index in [-0.39, 0.29) is 17.4 Å². The summed E-state index contributed by atoms with van der Waals surface area (Å²) in [4.78, 5) is 14.5. The van der Waals surface area contributed by atoms with E-state index in [0.29, 0.717) is 12.2 Å². The maximum absolute atomic E-state index is 12.3. The molecule has 4 heteroatoms. The molecule has 2 aliphatic rings. The van der Waals surface area contributed by atoms with E-state index >= 15 is 0 Å². The average molecular weight is 237 g/mol. The second-order valence-corrected chi connectivity index (χ2v) is 5.87. The summed E-state index contributed by atoms with van der Waals surface area (Å²) in [5.41, 5.74) is 3.28. The van der Waals surface area contributed by atoms with Gasteiger partial charge in [0.1, 0.15) is 11.6 Å². The third-order valence-electron chi connectivity index (χ3n) is 3.89. The number of nitrogens with one attached hydrogen (secondary N) is 1. The van der Waals surface area contributed by atoms with Gasteiger partial charge >= 0.3 is 0 Å². The van der Waals surface area contributed by atoms with E-state index in [4.69, 9.17) is 0 Å². The van der Waals surface area contributed by atoms with Gasteiger partial charge in [0.2, 0.25) is 0 Å². The van der Waals surface area contributed by atoms with Crippen molar-refractivity contribution in [2.75, 3.05) is 13.1 Å². The fraction of sp³-hybridized carbons (Fsp3) is 0.846. The van der Waals surface area contributed by atoms with Crippen molar-refractivity contribution >= 4 is 11.6 Å². The van der Waals surface area contributed by atoms with Crippen LogP contribution in [0.1, 0.15) is 40.5 Å². The fourth-order valence-corrected chi connectivity index (χ4v) is 3.07. The smallest absolute Gasteiger partial charge is 0.146 e. The molecule has 0 spiro atoms. The fourth-order valence-electron chi connectivity index (χ4n) is 3.07. The van der Waals surface area contributed by atoms with Gasteiger partial charge in [0.05, 0.1) is 12.0 Å². The van der Waals surface area contributed by atoms with Gasteiger partial charge in [-0.25, -0.2) is 0 Å². The zero-order chi connectivity index (χ0) is 12.6. The molecule has 0 amide bonds. The van der Waals surface area contributed by atoms with Crippen LogP contribution in [0.5, 0.6) is 0 Å². The second-order valence-electron chi connectivity index (χ2n) is 5.87. The van der Waals surface area contributed by atoms with E-state index in [1.165, 1.54) is 0 Å². The standard InChI is InChI=1S/C13H23N3O/c1-5-16(6-2)12-11-9(14-15-12)7-13(3,4)8-10(11)17/h9,11,14H,5-8H2,1-4H3/t9-,11-/m0/s1. The van der Waals surface area contributed by atoms with Crippen molar-refractivity contribution in [1.82, 2.24) is 10.3 Å². The first-order chi connectivity index (χ1) is 7.98. The molecule has 0 aromatic rings. The van der Waals surface area contributed by atoms with E-state index in [1.54, 1.807) is 0 Å². The quantitative estimate of drug-likeness (QED) is 0.793. The lowest BCUT2D eigenvalue weighted by atomic mass is 9.69. The number of fused-ring (bicyclic) bond motifs is 1. The van der Waals surface area contributed by atoms with Crippen molar-refractivity contribution in [2.45, 2.75) is 46.6 Å². The van der Waals surface area contributed by atoms with Gasteiger partial charge in [-0.1, -0.05) is 13.8 Å². The Hall–Kier alpha value is -1.06. The molecule has 0 aromatic heterocycles. The summed E-state index contributed by atoms with van der Waals surface area (Å²) in [6, 6.07) is 0.210. The van der Waals surface area contributed by atoms with Crippen molar-refractivity contribution < 1.29 is 4.79 Å². The topological polar surface area (TPSA) is 44.7 Å². The minimum absolute atomic E-state index is 0.0112. The normalized spacial score (nSPS) is 30.6. The second kappa shape index (κ2) is 4.31. The molecule has 0 radical (unpaired) electrons. The van der Waals surface area contributed by atoms with Gasteiger partial charge in [-0.15, -0.1) is 0 Å². The predicted molar refractivity (Wildman–Crippen MR) is 68.8 cm³/mol. The third kappa shape index (κ3) is 2.17. The number of nitrogens with zero attached hydrogens (tertiary/aromatic N) is 2. The zero-order valence-electron chi connectivity index (χ0n) is 11.3. The Balaban J connectivity index is 2.18. The molecule has 0 bridgehead atoms. The molecule has 1 fully saturated rings. The van der Waals surface area contributed by atoms with Crippen molar-refractivity contribution in [1.29, 1.82) is 0 Å². The van der Waals surface area contributed by atoms with E-state index in [1.807, 2.05) is 0 Å². The Morgan fingerprint density at radius 2 is 2.06 bits per heavy atom. The Morgan fingerprint density at radius 3 is 2.65 bits per heavy atom. The molecular weight excluding hydrogens is 214 g/mol. The largest absolute Gasteiger partial charge is 0.359 e. The van der Waals surface area contributed by atoms with Crippen molar-refractivity contribution in [3.05, 3.63) is 0 Å². The van der Waals surface area contributed by atoms with Crippen LogP contribution < -0.4 is 5.43 Å². The van der Waals surface area contributed by atoms with Gasteiger partial charge in [-0.05, 0) is 25.7 Å². The lowest BCUT2D eigenvalue weighted by Gasteiger charge is -2.37. The summed E-state index contributed by atoms with van der Waals surface area (Å²) in [6.07, 6.45) is 1.70. The highest BCUT2D eigenvalue weighted by Gasteiger charge is 2.46. The molecule has 96 valence electrons. The molecule has 4 nitrogen and oxygen atoms in total. The number of Topliss-reactive ketones (excluding diaryl/α,β-unsaturated/α-hetero) is 1. The van der Waals surface area contributed by atoms with Crippen molar-refractivity contribution in [3.8, 4) is 0 Å². The average Bonchev–Trinajstić information content (AvgIpc) is 2.62. The molecule has 2 atom stereocenters. The first-order valence-corrected chi connectivity index (χ1v) is 6.59. The lowest BCUT2D eigenvalue weighted by molar-refractivity contribution is -0.126. The molecule has 1 heterocycles. The first-order valence-electron chi connectivity index (χ1n) is 6.59. The van der Waals surface area contributed by atoms with Gasteiger partial charge in [0, 0.05) is 19.5 Å². The molecular formula is C13H23N3O. The van der Waals surface area contributed by atoms with Gasteiger partial charge in [0.25, 0.3) is 0 Å². The van der Waals surface area contributed by atoms with Crippen LogP contribution >= 0.6 is 0 Å². The van der Waals surface area contributed by atoms with Crippen LogP contribution in [-0.2, 0) is 4.79 Å². The van der Waals surface area contributed by atoms with Crippen molar-refractivity contribution in [3.63, 3.8) is 0 Å². The third-order valence-corrected chi connectivity index (χ3v) is 3.89. The maximum atomic E-state index is 12.3. The van der Waals surface area contributed by atoms with Crippen molar-refractivity contribution in [2.24, 2.45) is 16.4 Å². The Morgan fingerprint density at radius 1 is 1.41 bits per heavy atom. The number of rotatable bonds is 2. The van der Waals surface area contributed by atoms with Gasteiger partial charge < -0.3 is 10.3 Å². The summed E-state index contributed by atoms with van der Waals surface area (Å²) < 4.78 is 0. The molecule has 17 heavy (non-hydrogen) atoms. The number of carbonyl (C=O) groups is 1. The van der Waals surface area contributed by atoms with E-state index in [2.05, 4.69) is 43.1 Å². The maximum Gasteiger partial charge on any atom is 0.146 e. The minimum atomic E-state index is -0.0112. The number of ketones is 1. The molecule has 1 N–H and O–H groups in total. The molecule has 0 unspecified atom stereocenters. The summed E-state index contributed by atoms with van der Waals surface area (Å²) in [5.74, 6) is 1.30. The summed E-state index contributed by atoms with van der Waals surface area (Å²) in [6.45, 7) is 10.4. The minimum Gasteiger partial charge on any atom is -0.359 e. The molecule has 0 aromatic carbocycles. The highest BCUT2D eigenvalue weighted by molar-refractivity contribution is 6.06. The SMILES string of the molecule is CCN(CC)C1=NN[C@H]2CC(C)(C)CC(=O)[C@@H]12. The zero-order valence-corrected chi connectivity index (χ0v) is 11.3.